The molecule has 2 aromatic heterocycles. The molecule has 0 saturated heterocycles. The zero-order valence-electron chi connectivity index (χ0n) is 15.4. The van der Waals surface area contributed by atoms with E-state index in [0.717, 1.165) is 11.1 Å². The smallest absolute Gasteiger partial charge is 0.260 e. The van der Waals surface area contributed by atoms with Crippen molar-refractivity contribution >= 4 is 27.3 Å². The van der Waals surface area contributed by atoms with Gasteiger partial charge < -0.3 is 9.72 Å². The summed E-state index contributed by atoms with van der Waals surface area (Å²) < 4.78 is 5.89. The first-order valence-corrected chi connectivity index (χ1v) is 9.75. The molecular weight excluding hydrogens is 372 g/mol. The molecule has 0 radical (unpaired) electrons. The molecule has 0 aliphatic carbocycles. The highest BCUT2D eigenvalue weighted by Crippen LogP contribution is 2.31. The van der Waals surface area contributed by atoms with E-state index in [9.17, 15) is 9.59 Å². The normalized spacial score (nSPS) is 12.1. The molecule has 1 unspecified atom stereocenters. The van der Waals surface area contributed by atoms with Gasteiger partial charge in [-0.05, 0) is 43.7 Å². The Bertz CT molecular complexity index is 1190. The lowest BCUT2D eigenvalue weighted by atomic mass is 10.1. The lowest BCUT2D eigenvalue weighted by Gasteiger charge is -2.14. The summed E-state index contributed by atoms with van der Waals surface area (Å²) in [4.78, 5) is 32.3. The monoisotopic (exact) mass is 390 g/mol. The van der Waals surface area contributed by atoms with Crippen molar-refractivity contribution in [2.45, 2.75) is 20.0 Å². The third kappa shape index (κ3) is 3.46. The summed E-state index contributed by atoms with van der Waals surface area (Å²) in [5.41, 5.74) is 2.32. The Morgan fingerprint density at radius 3 is 2.50 bits per heavy atom. The maximum Gasteiger partial charge on any atom is 0.260 e. The fourth-order valence-corrected chi connectivity index (χ4v) is 3.97. The fraction of sp³-hybridized carbons (Fsp3) is 0.136. The molecule has 140 valence electrons. The van der Waals surface area contributed by atoms with Crippen LogP contribution in [0.1, 0.15) is 36.1 Å². The van der Waals surface area contributed by atoms with Crippen LogP contribution in [-0.2, 0) is 0 Å². The number of ketones is 1. The van der Waals surface area contributed by atoms with Crippen LogP contribution in [0.2, 0.25) is 0 Å². The number of Topliss-reactive ketones (excluding diaryl/α,β-unsaturated/α-hetero) is 1. The minimum atomic E-state index is -0.442. The molecule has 0 aliphatic heterocycles. The molecule has 0 saturated carbocycles. The summed E-state index contributed by atoms with van der Waals surface area (Å²) in [5.74, 6) is 1.08. The SMILES string of the molecule is CC(=O)c1ccc(OC(C)c2nc3scc(-c4ccccc4)c3c(=O)[nH]2)cc1. The second kappa shape index (κ2) is 7.40. The maximum atomic E-state index is 12.7. The molecule has 28 heavy (non-hydrogen) atoms. The van der Waals surface area contributed by atoms with Gasteiger partial charge in [-0.3, -0.25) is 9.59 Å². The van der Waals surface area contributed by atoms with Gasteiger partial charge in [0.2, 0.25) is 0 Å². The van der Waals surface area contributed by atoms with E-state index in [4.69, 9.17) is 4.74 Å². The van der Waals surface area contributed by atoms with Gasteiger partial charge in [0.25, 0.3) is 5.56 Å². The third-order valence-electron chi connectivity index (χ3n) is 4.51. The van der Waals surface area contributed by atoms with E-state index >= 15 is 0 Å². The summed E-state index contributed by atoms with van der Waals surface area (Å²) in [6, 6.07) is 16.7. The zero-order valence-corrected chi connectivity index (χ0v) is 16.2. The van der Waals surface area contributed by atoms with Gasteiger partial charge in [0.05, 0.1) is 5.39 Å². The van der Waals surface area contributed by atoms with Crippen LogP contribution in [0, 0.1) is 0 Å². The van der Waals surface area contributed by atoms with Crippen LogP contribution >= 0.6 is 11.3 Å². The Labute approximate surface area is 165 Å². The number of hydrogen-bond acceptors (Lipinski definition) is 5. The molecule has 1 N–H and O–H groups in total. The Morgan fingerprint density at radius 2 is 1.82 bits per heavy atom. The first-order chi connectivity index (χ1) is 13.5. The van der Waals surface area contributed by atoms with Crippen LogP contribution in [0.3, 0.4) is 0 Å². The van der Waals surface area contributed by atoms with E-state index in [1.165, 1.54) is 18.3 Å². The molecule has 2 aromatic carbocycles. The topological polar surface area (TPSA) is 72.0 Å². The van der Waals surface area contributed by atoms with E-state index < -0.39 is 6.10 Å². The minimum Gasteiger partial charge on any atom is -0.483 e. The van der Waals surface area contributed by atoms with Crippen molar-refractivity contribution in [1.29, 1.82) is 0 Å². The molecule has 2 heterocycles. The summed E-state index contributed by atoms with van der Waals surface area (Å²) in [7, 11) is 0. The quantitative estimate of drug-likeness (QED) is 0.487. The molecule has 6 heteroatoms. The number of carbonyl (C=O) groups is 1. The average molecular weight is 390 g/mol. The number of benzene rings is 2. The lowest BCUT2D eigenvalue weighted by molar-refractivity contribution is 0.101. The van der Waals surface area contributed by atoms with Crippen molar-refractivity contribution in [2.24, 2.45) is 0 Å². The highest BCUT2D eigenvalue weighted by Gasteiger charge is 2.17. The standard InChI is InChI=1S/C22H18N2O3S/c1-13(25)15-8-10-17(11-9-15)27-14(2)20-23-21(26)19-18(12-28-22(19)24-20)16-6-4-3-5-7-16/h3-12,14H,1-2H3,(H,23,24,26). The number of fused-ring (bicyclic) bond motifs is 1. The first-order valence-electron chi connectivity index (χ1n) is 8.87. The molecule has 0 fully saturated rings. The molecule has 4 aromatic rings. The second-order valence-electron chi connectivity index (χ2n) is 6.49. The average Bonchev–Trinajstić information content (AvgIpc) is 3.14. The number of hydrogen-bond donors (Lipinski definition) is 1. The highest BCUT2D eigenvalue weighted by atomic mass is 32.1. The Kier molecular flexibility index (Phi) is 4.79. The van der Waals surface area contributed by atoms with E-state index in [0.29, 0.717) is 27.4 Å². The molecule has 0 amide bonds. The van der Waals surface area contributed by atoms with Crippen LogP contribution in [0.4, 0.5) is 0 Å². The van der Waals surface area contributed by atoms with E-state index in [1.807, 2.05) is 42.6 Å². The number of aromatic nitrogens is 2. The van der Waals surface area contributed by atoms with Gasteiger partial charge in [0, 0.05) is 16.5 Å². The number of carbonyl (C=O) groups excluding carboxylic acids is 1. The lowest BCUT2D eigenvalue weighted by Crippen LogP contribution is -2.16. The second-order valence-corrected chi connectivity index (χ2v) is 7.35. The first kappa shape index (κ1) is 18.1. The fourth-order valence-electron chi connectivity index (χ4n) is 3.02. The maximum absolute atomic E-state index is 12.7. The van der Waals surface area contributed by atoms with Gasteiger partial charge in [0.15, 0.2) is 17.7 Å². The Hall–Kier alpha value is -3.25. The number of aromatic amines is 1. The van der Waals surface area contributed by atoms with Crippen LogP contribution in [0.25, 0.3) is 21.3 Å². The number of thiophene rings is 1. The van der Waals surface area contributed by atoms with Crippen molar-refractivity contribution in [3.8, 4) is 16.9 Å². The number of nitrogens with zero attached hydrogens (tertiary/aromatic N) is 1. The van der Waals surface area contributed by atoms with E-state index in [-0.39, 0.29) is 11.3 Å². The largest absolute Gasteiger partial charge is 0.483 e. The van der Waals surface area contributed by atoms with Crippen molar-refractivity contribution in [3.05, 3.63) is 81.7 Å². The summed E-state index contributed by atoms with van der Waals surface area (Å²) in [5, 5.41) is 2.55. The Morgan fingerprint density at radius 1 is 1.11 bits per heavy atom. The molecule has 1 atom stereocenters. The summed E-state index contributed by atoms with van der Waals surface area (Å²) >= 11 is 1.44. The summed E-state index contributed by atoms with van der Waals surface area (Å²) in [6.07, 6.45) is -0.442. The third-order valence-corrected chi connectivity index (χ3v) is 5.38. The van der Waals surface area contributed by atoms with E-state index in [1.54, 1.807) is 24.3 Å². The molecular formula is C22H18N2O3S. The van der Waals surface area contributed by atoms with Crippen LogP contribution in [-0.4, -0.2) is 15.8 Å². The number of nitrogens with one attached hydrogen (secondary N) is 1. The van der Waals surface area contributed by atoms with Crippen molar-refractivity contribution < 1.29 is 9.53 Å². The minimum absolute atomic E-state index is 0.00274. The van der Waals surface area contributed by atoms with Gasteiger partial charge in [-0.15, -0.1) is 11.3 Å². The van der Waals surface area contributed by atoms with E-state index in [2.05, 4.69) is 9.97 Å². The predicted octanol–water partition coefficient (Wildman–Crippen LogP) is 4.99. The van der Waals surface area contributed by atoms with Crippen molar-refractivity contribution in [3.63, 3.8) is 0 Å². The number of ether oxygens (including phenoxy) is 1. The van der Waals surface area contributed by atoms with Gasteiger partial charge >= 0.3 is 0 Å². The highest BCUT2D eigenvalue weighted by molar-refractivity contribution is 7.17. The number of rotatable bonds is 5. The van der Waals surface area contributed by atoms with Gasteiger partial charge in [0.1, 0.15) is 10.6 Å². The molecule has 4 rings (SSSR count). The number of H-pyrrole nitrogens is 1. The van der Waals surface area contributed by atoms with Crippen LogP contribution < -0.4 is 10.3 Å². The molecule has 5 nitrogen and oxygen atoms in total. The van der Waals surface area contributed by atoms with Crippen molar-refractivity contribution in [2.75, 3.05) is 0 Å². The Balaban J connectivity index is 1.64. The molecule has 0 aliphatic rings. The van der Waals surface area contributed by atoms with Crippen LogP contribution in [0.15, 0.2) is 64.8 Å². The summed E-state index contributed by atoms with van der Waals surface area (Å²) in [6.45, 7) is 3.35. The van der Waals surface area contributed by atoms with Gasteiger partial charge in [-0.2, -0.15) is 0 Å². The van der Waals surface area contributed by atoms with Crippen molar-refractivity contribution in [1.82, 2.24) is 9.97 Å². The zero-order chi connectivity index (χ0) is 19.7. The molecule has 0 bridgehead atoms. The predicted molar refractivity (Wildman–Crippen MR) is 111 cm³/mol. The molecule has 0 spiro atoms. The van der Waals surface area contributed by atoms with Crippen LogP contribution in [0.5, 0.6) is 5.75 Å². The van der Waals surface area contributed by atoms with Gasteiger partial charge in [-0.25, -0.2) is 4.98 Å². The van der Waals surface area contributed by atoms with Gasteiger partial charge in [-0.1, -0.05) is 30.3 Å².